The predicted octanol–water partition coefficient (Wildman–Crippen LogP) is 0.544. The fraction of sp³-hybridized carbons (Fsp3) is 0.692. The van der Waals surface area contributed by atoms with E-state index in [1.165, 1.54) is 4.90 Å². The number of fused-ring (bicyclic) bond motifs is 2. The van der Waals surface area contributed by atoms with Crippen LogP contribution in [-0.4, -0.2) is 94.7 Å². The smallest absolute Gasteiger partial charge is 0.313 e. The van der Waals surface area contributed by atoms with Gasteiger partial charge in [0, 0.05) is 25.6 Å². The van der Waals surface area contributed by atoms with Crippen molar-refractivity contribution in [1.82, 2.24) is 15.1 Å². The van der Waals surface area contributed by atoms with Gasteiger partial charge in [0.25, 0.3) is 0 Å². The normalized spacial score (nSPS) is 36.6. The van der Waals surface area contributed by atoms with Gasteiger partial charge in [-0.25, -0.2) is 0 Å². The molecule has 198 valence electrons. The molecule has 0 aromatic heterocycles. The van der Waals surface area contributed by atoms with E-state index in [4.69, 9.17) is 9.47 Å². The first kappa shape index (κ1) is 26.3. The zero-order valence-electron chi connectivity index (χ0n) is 21.2. The lowest BCUT2D eigenvalue weighted by atomic mass is 9.78. The quantitative estimate of drug-likeness (QED) is 0.414. The molecule has 0 aromatic rings. The molecule has 2 saturated heterocycles. The molecule has 0 aliphatic carbocycles. The second-order valence-electron chi connectivity index (χ2n) is 10.1. The Morgan fingerprint density at radius 3 is 2.72 bits per heavy atom. The van der Waals surface area contributed by atoms with Crippen LogP contribution in [0.1, 0.15) is 46.5 Å². The number of aliphatic hydroxyl groups excluding tert-OH is 1. The van der Waals surface area contributed by atoms with Crippen molar-refractivity contribution in [3.05, 3.63) is 24.3 Å². The highest BCUT2D eigenvalue weighted by molar-refractivity contribution is 5.99. The van der Waals surface area contributed by atoms with Gasteiger partial charge in [-0.1, -0.05) is 37.6 Å². The van der Waals surface area contributed by atoms with Crippen LogP contribution in [0.5, 0.6) is 0 Å². The molecule has 7 atom stereocenters. The second-order valence-corrected chi connectivity index (χ2v) is 10.1. The number of rotatable bonds is 5. The number of aliphatic hydroxyl groups is 1. The average Bonchev–Trinajstić information content (AvgIpc) is 3.20. The first-order chi connectivity index (χ1) is 17.2. The summed E-state index contributed by atoms with van der Waals surface area (Å²) in [6.45, 7) is 5.90. The fourth-order valence-corrected chi connectivity index (χ4v) is 6.00. The van der Waals surface area contributed by atoms with Crippen LogP contribution in [0, 0.1) is 11.8 Å². The zero-order valence-corrected chi connectivity index (χ0v) is 21.2. The van der Waals surface area contributed by atoms with Gasteiger partial charge in [-0.3, -0.25) is 19.2 Å². The topological polar surface area (TPSA) is 125 Å². The number of ether oxygens (including phenoxy) is 2. The third-order valence-electron chi connectivity index (χ3n) is 7.64. The van der Waals surface area contributed by atoms with E-state index in [2.05, 4.69) is 12.2 Å². The number of allylic oxidation sites excluding steroid dienone is 1. The van der Waals surface area contributed by atoms with Crippen molar-refractivity contribution in [2.45, 2.75) is 76.3 Å². The van der Waals surface area contributed by atoms with Crippen LogP contribution >= 0.6 is 0 Å². The lowest BCUT2D eigenvalue weighted by Gasteiger charge is -2.37. The molecule has 2 fully saturated rings. The van der Waals surface area contributed by atoms with Gasteiger partial charge in [-0.15, -0.1) is 0 Å². The Morgan fingerprint density at radius 1 is 1.22 bits per heavy atom. The van der Waals surface area contributed by atoms with Crippen LogP contribution in [-0.2, 0) is 28.7 Å². The summed E-state index contributed by atoms with van der Waals surface area (Å²) >= 11 is 0. The molecule has 10 heteroatoms. The molecule has 0 saturated carbocycles. The Morgan fingerprint density at radius 2 is 2.00 bits per heavy atom. The first-order valence-corrected chi connectivity index (χ1v) is 13.0. The van der Waals surface area contributed by atoms with Crippen LogP contribution in [0.2, 0.25) is 0 Å². The Hall–Kier alpha value is -2.72. The van der Waals surface area contributed by atoms with Crippen LogP contribution in [0.25, 0.3) is 0 Å². The van der Waals surface area contributed by atoms with E-state index < -0.39 is 47.6 Å². The van der Waals surface area contributed by atoms with E-state index in [-0.39, 0.29) is 44.0 Å². The minimum Gasteiger partial charge on any atom is -0.460 e. The molecular weight excluding hydrogens is 466 g/mol. The van der Waals surface area contributed by atoms with E-state index >= 15 is 0 Å². The van der Waals surface area contributed by atoms with E-state index in [9.17, 15) is 24.3 Å². The van der Waals surface area contributed by atoms with Gasteiger partial charge in [0.1, 0.15) is 23.7 Å². The number of carbonyl (C=O) groups is 4. The molecule has 4 aliphatic heterocycles. The second kappa shape index (κ2) is 10.7. The molecule has 36 heavy (non-hydrogen) atoms. The average molecular weight is 504 g/mol. The monoisotopic (exact) mass is 503 g/mol. The fourth-order valence-electron chi connectivity index (χ4n) is 6.00. The van der Waals surface area contributed by atoms with Gasteiger partial charge in [0.05, 0.1) is 25.2 Å². The third-order valence-corrected chi connectivity index (χ3v) is 7.64. The lowest BCUT2D eigenvalue weighted by Crippen LogP contribution is -2.57. The summed E-state index contributed by atoms with van der Waals surface area (Å²) in [7, 11) is 0. The number of hydrogen-bond acceptors (Lipinski definition) is 7. The van der Waals surface area contributed by atoms with E-state index in [0.717, 1.165) is 12.8 Å². The molecule has 0 bridgehead atoms. The largest absolute Gasteiger partial charge is 0.460 e. The predicted molar refractivity (Wildman–Crippen MR) is 129 cm³/mol. The van der Waals surface area contributed by atoms with E-state index in [1.807, 2.05) is 13.0 Å². The molecule has 1 spiro atoms. The summed E-state index contributed by atoms with van der Waals surface area (Å²) in [6.07, 6.45) is 8.15. The van der Waals surface area contributed by atoms with Crippen LogP contribution in [0.15, 0.2) is 24.3 Å². The number of nitrogens with one attached hydrogen (secondary N) is 1. The molecular formula is C26H37N3O7. The third kappa shape index (κ3) is 4.56. The number of nitrogens with zero attached hydrogens (tertiary/aromatic N) is 2. The summed E-state index contributed by atoms with van der Waals surface area (Å²) in [5.74, 6) is -3.33. The van der Waals surface area contributed by atoms with Gasteiger partial charge in [0.15, 0.2) is 0 Å². The number of esters is 1. The number of amides is 3. The van der Waals surface area contributed by atoms with Crippen molar-refractivity contribution in [3.8, 4) is 0 Å². The van der Waals surface area contributed by atoms with Gasteiger partial charge in [-0.05, 0) is 26.7 Å². The maximum atomic E-state index is 14.0. The Bertz CT molecular complexity index is 950. The van der Waals surface area contributed by atoms with Crippen molar-refractivity contribution < 1.29 is 33.8 Å². The van der Waals surface area contributed by atoms with Gasteiger partial charge in [0.2, 0.25) is 17.7 Å². The Labute approximate surface area is 211 Å². The number of carbonyl (C=O) groups excluding carboxylic acids is 4. The van der Waals surface area contributed by atoms with Crippen LogP contribution < -0.4 is 5.32 Å². The van der Waals surface area contributed by atoms with Gasteiger partial charge < -0.3 is 29.7 Å². The highest BCUT2D eigenvalue weighted by Gasteiger charge is 2.71. The highest BCUT2D eigenvalue weighted by atomic mass is 16.6. The molecule has 10 nitrogen and oxygen atoms in total. The standard InChI is InChI=1S/C26H37N3O7/c1-4-8-16(2)28-12-7-11-26-21(23(32)29(13-14-30)22(26)24(28)33)20-18(36-26)9-5-6-10-19(31)27-15-17(3)35-25(20)34/h5,7,9,11,16-18,20-22,30H,4,6,8,10,12-15H2,1-3H3,(H,27,31)/b9-5-/t16?,17-,18-,20+,21+,22-,26+/m1/s1. The summed E-state index contributed by atoms with van der Waals surface area (Å²) in [5, 5.41) is 12.5. The molecule has 4 heterocycles. The number of β-amino-alcohol motifs (C(OH)–C–C–N with tert-alkyl or cyclic N) is 1. The molecule has 4 aliphatic rings. The number of likely N-dealkylation sites (tertiary alicyclic amines) is 1. The summed E-state index contributed by atoms with van der Waals surface area (Å²) in [4.78, 5) is 56.4. The molecule has 4 rings (SSSR count). The summed E-state index contributed by atoms with van der Waals surface area (Å²) in [5.41, 5.74) is -1.36. The van der Waals surface area contributed by atoms with Gasteiger partial charge in [-0.2, -0.15) is 0 Å². The van der Waals surface area contributed by atoms with Gasteiger partial charge >= 0.3 is 5.97 Å². The van der Waals surface area contributed by atoms with Crippen LogP contribution in [0.4, 0.5) is 0 Å². The summed E-state index contributed by atoms with van der Waals surface area (Å²) in [6, 6.07) is -1.04. The van der Waals surface area contributed by atoms with E-state index in [1.54, 1.807) is 30.1 Å². The van der Waals surface area contributed by atoms with Crippen LogP contribution in [0.3, 0.4) is 0 Å². The van der Waals surface area contributed by atoms with Crippen molar-refractivity contribution in [2.24, 2.45) is 11.8 Å². The number of hydrogen-bond donors (Lipinski definition) is 2. The number of cyclic esters (lactones) is 1. The van der Waals surface area contributed by atoms with Crippen molar-refractivity contribution >= 4 is 23.7 Å². The lowest BCUT2D eigenvalue weighted by molar-refractivity contribution is -0.159. The molecule has 0 aromatic carbocycles. The molecule has 1 unspecified atom stereocenters. The summed E-state index contributed by atoms with van der Waals surface area (Å²) < 4.78 is 12.2. The zero-order chi connectivity index (χ0) is 26.0. The highest BCUT2D eigenvalue weighted by Crippen LogP contribution is 2.53. The molecule has 0 radical (unpaired) electrons. The first-order valence-electron chi connectivity index (χ1n) is 13.0. The SMILES string of the molecule is CCCC(C)N1CC=C[C@]23O[C@@H]4/C=C\CCC(=O)NC[C@@H](C)OC(=O)[C@@H]4[C@H]2C(=O)N(CCO)[C@@H]3C1=O. The molecule has 3 amide bonds. The Balaban J connectivity index is 1.77. The van der Waals surface area contributed by atoms with Crippen molar-refractivity contribution in [1.29, 1.82) is 0 Å². The van der Waals surface area contributed by atoms with Crippen molar-refractivity contribution in [3.63, 3.8) is 0 Å². The maximum absolute atomic E-state index is 14.0. The minimum absolute atomic E-state index is 0.0363. The maximum Gasteiger partial charge on any atom is 0.313 e. The Kier molecular flexibility index (Phi) is 7.85. The minimum atomic E-state index is -1.36. The van der Waals surface area contributed by atoms with E-state index in [0.29, 0.717) is 13.0 Å². The van der Waals surface area contributed by atoms with Crippen molar-refractivity contribution in [2.75, 3.05) is 26.2 Å². The molecule has 2 N–H and O–H groups in total.